The van der Waals surface area contributed by atoms with E-state index in [-0.39, 0.29) is 17.2 Å². The number of halogens is 1. The zero-order valence-corrected chi connectivity index (χ0v) is 8.59. The minimum absolute atomic E-state index is 0.138. The van der Waals surface area contributed by atoms with Crippen LogP contribution in [0.2, 0.25) is 0 Å². The van der Waals surface area contributed by atoms with Crippen LogP contribution in [0.1, 0.15) is 10.4 Å². The van der Waals surface area contributed by atoms with Gasteiger partial charge in [-0.15, -0.1) is 5.10 Å². The molecule has 0 aliphatic carbocycles. The molecule has 0 unspecified atom stereocenters. The number of carboxylic acid groups (broad SMARTS) is 1. The van der Waals surface area contributed by atoms with Crippen LogP contribution in [0.15, 0.2) is 24.3 Å². The van der Waals surface area contributed by atoms with Crippen LogP contribution in [0.5, 0.6) is 0 Å². The van der Waals surface area contributed by atoms with Gasteiger partial charge in [0.05, 0.1) is 5.69 Å². The van der Waals surface area contributed by atoms with E-state index in [4.69, 9.17) is 16.6 Å². The van der Waals surface area contributed by atoms with E-state index in [9.17, 15) is 9.18 Å². The first kappa shape index (κ1) is 10.9. The van der Waals surface area contributed by atoms with E-state index in [1.165, 1.54) is 24.3 Å². The Kier molecular flexibility index (Phi) is 2.43. The summed E-state index contributed by atoms with van der Waals surface area (Å²) in [6.07, 6.45) is 0. The summed E-state index contributed by atoms with van der Waals surface area (Å²) < 4.78 is 14.1. The van der Waals surface area contributed by atoms with Crippen molar-refractivity contribution in [1.82, 2.24) is 9.78 Å². The molecule has 0 spiro atoms. The molecule has 88 valence electrons. The first-order valence-electron chi connectivity index (χ1n) is 4.64. The van der Waals surface area contributed by atoms with Gasteiger partial charge in [0.15, 0.2) is 5.82 Å². The molecule has 0 saturated carbocycles. The number of carbonyl (C=O) groups is 1. The van der Waals surface area contributed by atoms with Crippen molar-refractivity contribution in [3.05, 3.63) is 35.6 Å². The van der Waals surface area contributed by atoms with Crippen molar-refractivity contribution in [3.63, 3.8) is 0 Å². The second kappa shape index (κ2) is 3.78. The van der Waals surface area contributed by atoms with E-state index in [1.54, 1.807) is 0 Å². The second-order valence-corrected chi connectivity index (χ2v) is 3.34. The van der Waals surface area contributed by atoms with Gasteiger partial charge >= 0.3 is 5.97 Å². The molecule has 17 heavy (non-hydrogen) atoms. The van der Waals surface area contributed by atoms with Crippen LogP contribution in [0, 0.1) is 5.82 Å². The van der Waals surface area contributed by atoms with Gasteiger partial charge in [-0.25, -0.2) is 13.9 Å². The predicted molar refractivity (Wildman–Crippen MR) is 59.3 cm³/mol. The Labute approximate surface area is 95.3 Å². The largest absolute Gasteiger partial charge is 0.477 e. The standard InChI is InChI=1S/C10H9FN4O2/c11-5-2-1-3-6(4-5)15-9(13)7(10(16)17)8(12)14-15/h1-4H,13H2,(H2,12,14)(H,16,17). The lowest BCUT2D eigenvalue weighted by Crippen LogP contribution is -2.06. The number of carboxylic acids is 1. The van der Waals surface area contributed by atoms with E-state index < -0.39 is 11.8 Å². The van der Waals surface area contributed by atoms with Gasteiger partial charge < -0.3 is 16.6 Å². The molecule has 7 heteroatoms. The average molecular weight is 236 g/mol. The summed E-state index contributed by atoms with van der Waals surface area (Å²) in [6.45, 7) is 0. The molecule has 1 aromatic heterocycles. The van der Waals surface area contributed by atoms with E-state index >= 15 is 0 Å². The molecule has 0 bridgehead atoms. The van der Waals surface area contributed by atoms with Crippen molar-refractivity contribution in [3.8, 4) is 5.69 Å². The van der Waals surface area contributed by atoms with Crippen molar-refractivity contribution in [2.75, 3.05) is 11.5 Å². The zero-order valence-electron chi connectivity index (χ0n) is 8.59. The van der Waals surface area contributed by atoms with Crippen LogP contribution < -0.4 is 11.5 Å². The number of rotatable bonds is 2. The normalized spacial score (nSPS) is 10.4. The average Bonchev–Trinajstić information content (AvgIpc) is 2.54. The molecule has 0 aliphatic heterocycles. The summed E-state index contributed by atoms with van der Waals surface area (Å²) in [7, 11) is 0. The third kappa shape index (κ3) is 1.78. The van der Waals surface area contributed by atoms with E-state index in [0.29, 0.717) is 5.69 Å². The molecule has 0 aliphatic rings. The highest BCUT2D eigenvalue weighted by Crippen LogP contribution is 2.22. The minimum atomic E-state index is -1.28. The maximum Gasteiger partial charge on any atom is 0.343 e. The fourth-order valence-corrected chi connectivity index (χ4v) is 1.47. The molecule has 6 nitrogen and oxygen atoms in total. The fraction of sp³-hybridized carbons (Fsp3) is 0. The molecule has 1 aromatic carbocycles. The topological polar surface area (TPSA) is 107 Å². The molecular weight excluding hydrogens is 227 g/mol. The van der Waals surface area contributed by atoms with Crippen LogP contribution in [0.3, 0.4) is 0 Å². The number of hydrogen-bond acceptors (Lipinski definition) is 4. The molecule has 1 heterocycles. The summed E-state index contributed by atoms with van der Waals surface area (Å²) >= 11 is 0. The predicted octanol–water partition coefficient (Wildman–Crippen LogP) is 0.874. The molecule has 2 rings (SSSR count). The summed E-state index contributed by atoms with van der Waals surface area (Å²) in [5.41, 5.74) is 11.1. The zero-order chi connectivity index (χ0) is 12.6. The summed E-state index contributed by atoms with van der Waals surface area (Å²) in [4.78, 5) is 10.9. The summed E-state index contributed by atoms with van der Waals surface area (Å²) in [6, 6.07) is 5.43. The SMILES string of the molecule is Nc1nn(-c2cccc(F)c2)c(N)c1C(=O)O. The number of benzene rings is 1. The lowest BCUT2D eigenvalue weighted by Gasteiger charge is -2.03. The maximum atomic E-state index is 13.0. The van der Waals surface area contributed by atoms with Crippen molar-refractivity contribution in [2.45, 2.75) is 0 Å². The van der Waals surface area contributed by atoms with Gasteiger partial charge in [0.1, 0.15) is 17.2 Å². The highest BCUT2D eigenvalue weighted by molar-refractivity contribution is 5.98. The lowest BCUT2D eigenvalue weighted by molar-refractivity contribution is 0.0699. The van der Waals surface area contributed by atoms with Gasteiger partial charge in [-0.05, 0) is 18.2 Å². The number of nitrogen functional groups attached to an aromatic ring is 2. The molecule has 0 radical (unpaired) electrons. The van der Waals surface area contributed by atoms with Crippen molar-refractivity contribution < 1.29 is 14.3 Å². The maximum absolute atomic E-state index is 13.0. The monoisotopic (exact) mass is 236 g/mol. The number of hydrogen-bond donors (Lipinski definition) is 3. The second-order valence-electron chi connectivity index (χ2n) is 3.34. The van der Waals surface area contributed by atoms with Crippen LogP contribution in [0.4, 0.5) is 16.0 Å². The number of aromatic nitrogens is 2. The molecule has 0 amide bonds. The van der Waals surface area contributed by atoms with Gasteiger partial charge in [-0.3, -0.25) is 0 Å². The Morgan fingerprint density at radius 2 is 2.12 bits per heavy atom. The first-order valence-corrected chi connectivity index (χ1v) is 4.64. The highest BCUT2D eigenvalue weighted by atomic mass is 19.1. The van der Waals surface area contributed by atoms with Crippen LogP contribution >= 0.6 is 0 Å². The van der Waals surface area contributed by atoms with Crippen molar-refractivity contribution in [2.24, 2.45) is 0 Å². The van der Waals surface area contributed by atoms with Gasteiger partial charge in [0.2, 0.25) is 0 Å². The first-order chi connectivity index (χ1) is 8.00. The number of nitrogens with zero attached hydrogens (tertiary/aromatic N) is 2. The van der Waals surface area contributed by atoms with Gasteiger partial charge in [0, 0.05) is 0 Å². The third-order valence-corrected chi connectivity index (χ3v) is 2.21. The summed E-state index contributed by atoms with van der Waals surface area (Å²) in [5, 5.41) is 12.6. The Morgan fingerprint density at radius 1 is 1.41 bits per heavy atom. The Bertz CT molecular complexity index is 594. The summed E-state index contributed by atoms with van der Waals surface area (Å²) in [5.74, 6) is -2.10. The Morgan fingerprint density at radius 3 is 2.65 bits per heavy atom. The molecular formula is C10H9FN4O2. The number of aromatic carboxylic acids is 1. The fourth-order valence-electron chi connectivity index (χ4n) is 1.47. The molecule has 2 aromatic rings. The van der Waals surface area contributed by atoms with Gasteiger partial charge in [0.25, 0.3) is 0 Å². The highest BCUT2D eigenvalue weighted by Gasteiger charge is 2.20. The lowest BCUT2D eigenvalue weighted by atomic mass is 10.3. The molecule has 5 N–H and O–H groups in total. The van der Waals surface area contributed by atoms with Crippen LogP contribution in [-0.4, -0.2) is 20.9 Å². The van der Waals surface area contributed by atoms with Crippen LogP contribution in [-0.2, 0) is 0 Å². The number of nitrogens with two attached hydrogens (primary N) is 2. The van der Waals surface area contributed by atoms with E-state index in [0.717, 1.165) is 4.68 Å². The quantitative estimate of drug-likeness (QED) is 0.717. The van der Waals surface area contributed by atoms with E-state index in [1.807, 2.05) is 0 Å². The minimum Gasteiger partial charge on any atom is -0.477 e. The Balaban J connectivity index is 2.62. The van der Waals surface area contributed by atoms with E-state index in [2.05, 4.69) is 5.10 Å². The Hall–Kier alpha value is -2.57. The number of anilines is 2. The van der Waals surface area contributed by atoms with Crippen molar-refractivity contribution in [1.29, 1.82) is 0 Å². The van der Waals surface area contributed by atoms with Crippen LogP contribution in [0.25, 0.3) is 5.69 Å². The van der Waals surface area contributed by atoms with Gasteiger partial charge in [-0.1, -0.05) is 6.07 Å². The molecule has 0 atom stereocenters. The smallest absolute Gasteiger partial charge is 0.343 e. The third-order valence-electron chi connectivity index (χ3n) is 2.21. The molecule has 0 saturated heterocycles. The van der Waals surface area contributed by atoms with Gasteiger partial charge in [-0.2, -0.15) is 0 Å². The molecule has 0 fully saturated rings. The van der Waals surface area contributed by atoms with Crippen molar-refractivity contribution >= 4 is 17.6 Å².